The van der Waals surface area contributed by atoms with Gasteiger partial charge in [0.15, 0.2) is 5.69 Å². The van der Waals surface area contributed by atoms with Gasteiger partial charge in [-0.25, -0.2) is 0 Å². The second-order valence-electron chi connectivity index (χ2n) is 5.61. The van der Waals surface area contributed by atoms with Gasteiger partial charge in [0, 0.05) is 37.9 Å². The average Bonchev–Trinajstić information content (AvgIpc) is 2.97. The molecule has 1 aliphatic heterocycles. The van der Waals surface area contributed by atoms with Gasteiger partial charge in [-0.2, -0.15) is 5.10 Å². The summed E-state index contributed by atoms with van der Waals surface area (Å²) < 4.78 is 0. The van der Waals surface area contributed by atoms with E-state index in [1.54, 1.807) is 11.9 Å². The molecule has 2 heterocycles. The Bertz CT molecular complexity index is 554. The summed E-state index contributed by atoms with van der Waals surface area (Å²) in [6, 6.07) is -0.345. The van der Waals surface area contributed by atoms with E-state index in [2.05, 4.69) is 20.8 Å². The predicted molar refractivity (Wildman–Crippen MR) is 77.0 cm³/mol. The summed E-state index contributed by atoms with van der Waals surface area (Å²) in [5, 5.41) is 13.0. The molecule has 7 nitrogen and oxygen atoms in total. The van der Waals surface area contributed by atoms with E-state index in [1.807, 2.05) is 0 Å². The quantitative estimate of drug-likeness (QED) is 0.682. The molecule has 7 heteroatoms. The average molecular weight is 291 g/mol. The van der Waals surface area contributed by atoms with E-state index in [9.17, 15) is 9.59 Å². The number of nitrogens with zero attached hydrogens (tertiary/aromatic N) is 2. The normalized spacial score (nSPS) is 21.8. The third-order valence-electron chi connectivity index (χ3n) is 4.28. The number of nitrogens with one attached hydrogen (secondary N) is 3. The van der Waals surface area contributed by atoms with Gasteiger partial charge in [0.2, 0.25) is 5.91 Å². The van der Waals surface area contributed by atoms with Crippen LogP contribution in [0, 0.1) is 0 Å². The molecule has 0 radical (unpaired) electrons. The summed E-state index contributed by atoms with van der Waals surface area (Å²) in [5.74, 6) is -0.152. The highest BCUT2D eigenvalue weighted by molar-refractivity contribution is 5.95. The Balaban J connectivity index is 1.75. The molecule has 1 atom stereocenters. The number of piperazine rings is 1. The van der Waals surface area contributed by atoms with Crippen LogP contribution < -0.4 is 10.6 Å². The lowest BCUT2D eigenvalue weighted by molar-refractivity contribution is -0.123. The number of rotatable bonds is 2. The third-order valence-corrected chi connectivity index (χ3v) is 4.28. The van der Waals surface area contributed by atoms with E-state index in [0.717, 1.165) is 36.9 Å². The first kappa shape index (κ1) is 14.1. The molecule has 2 amide bonds. The fraction of sp³-hybridized carbons (Fsp3) is 0.643. The smallest absolute Gasteiger partial charge is 0.274 e. The molecule has 1 fully saturated rings. The Labute approximate surface area is 123 Å². The zero-order valence-electron chi connectivity index (χ0n) is 12.2. The van der Waals surface area contributed by atoms with Gasteiger partial charge in [-0.1, -0.05) is 0 Å². The fourth-order valence-corrected chi connectivity index (χ4v) is 3.09. The molecule has 1 aromatic rings. The molecule has 2 aliphatic rings. The SMILES string of the molecule is CNC(=O)C1CN(C(=O)c2n[nH]c3c2CCCC3)CCN1. The molecule has 3 N–H and O–H groups in total. The summed E-state index contributed by atoms with van der Waals surface area (Å²) in [6.07, 6.45) is 4.14. The number of fused-ring (bicyclic) bond motifs is 1. The summed E-state index contributed by atoms with van der Waals surface area (Å²) in [7, 11) is 1.61. The van der Waals surface area contributed by atoms with Crippen molar-refractivity contribution in [1.82, 2.24) is 25.7 Å². The molecule has 0 aromatic carbocycles. The van der Waals surface area contributed by atoms with Crippen molar-refractivity contribution in [2.75, 3.05) is 26.7 Å². The van der Waals surface area contributed by atoms with Crippen molar-refractivity contribution in [3.8, 4) is 0 Å². The van der Waals surface area contributed by atoms with Crippen LogP contribution in [0.3, 0.4) is 0 Å². The molecule has 0 bridgehead atoms. The number of carbonyl (C=O) groups is 2. The van der Waals surface area contributed by atoms with Gasteiger partial charge in [0.25, 0.3) is 5.91 Å². The Morgan fingerprint density at radius 2 is 2.14 bits per heavy atom. The number of aryl methyl sites for hydroxylation is 1. The fourth-order valence-electron chi connectivity index (χ4n) is 3.09. The molecule has 1 aliphatic carbocycles. The standard InChI is InChI=1S/C14H21N5O2/c1-15-13(20)11-8-19(7-6-16-11)14(21)12-9-4-2-3-5-10(9)17-18-12/h11,16H,2-8H2,1H3,(H,15,20)(H,17,18). The van der Waals surface area contributed by atoms with Crippen LogP contribution in [0.5, 0.6) is 0 Å². The van der Waals surface area contributed by atoms with Crippen LogP contribution in [0.2, 0.25) is 0 Å². The monoisotopic (exact) mass is 291 g/mol. The lowest BCUT2D eigenvalue weighted by Gasteiger charge is -2.32. The zero-order valence-corrected chi connectivity index (χ0v) is 12.2. The number of aromatic nitrogens is 2. The Kier molecular flexibility index (Phi) is 3.92. The summed E-state index contributed by atoms with van der Waals surface area (Å²) in [6.45, 7) is 1.62. The van der Waals surface area contributed by atoms with Gasteiger partial charge in [0.05, 0.1) is 0 Å². The van der Waals surface area contributed by atoms with Crippen LogP contribution in [0.4, 0.5) is 0 Å². The van der Waals surface area contributed by atoms with Gasteiger partial charge >= 0.3 is 0 Å². The minimum atomic E-state index is -0.345. The highest BCUT2D eigenvalue weighted by atomic mass is 16.2. The van der Waals surface area contributed by atoms with E-state index in [0.29, 0.717) is 25.3 Å². The summed E-state index contributed by atoms with van der Waals surface area (Å²) in [4.78, 5) is 26.1. The molecule has 1 saturated heterocycles. The number of likely N-dealkylation sites (N-methyl/N-ethyl adjacent to an activating group) is 1. The summed E-state index contributed by atoms with van der Waals surface area (Å²) >= 11 is 0. The second-order valence-corrected chi connectivity index (χ2v) is 5.61. The topological polar surface area (TPSA) is 90.1 Å². The van der Waals surface area contributed by atoms with Gasteiger partial charge in [-0.05, 0) is 25.7 Å². The lowest BCUT2D eigenvalue weighted by Crippen LogP contribution is -2.58. The zero-order chi connectivity index (χ0) is 14.8. The first-order chi connectivity index (χ1) is 10.2. The lowest BCUT2D eigenvalue weighted by atomic mass is 9.95. The molecule has 114 valence electrons. The molecule has 1 unspecified atom stereocenters. The second kappa shape index (κ2) is 5.85. The van der Waals surface area contributed by atoms with Crippen LogP contribution in [-0.2, 0) is 17.6 Å². The number of hydrogen-bond donors (Lipinski definition) is 3. The minimum absolute atomic E-state index is 0.0650. The van der Waals surface area contributed by atoms with Crippen molar-refractivity contribution in [2.24, 2.45) is 0 Å². The minimum Gasteiger partial charge on any atom is -0.358 e. The van der Waals surface area contributed by atoms with Gasteiger partial charge in [0.1, 0.15) is 6.04 Å². The first-order valence-corrected chi connectivity index (χ1v) is 7.51. The highest BCUT2D eigenvalue weighted by Crippen LogP contribution is 2.23. The molecule has 3 rings (SSSR count). The van der Waals surface area contributed by atoms with E-state index >= 15 is 0 Å². The predicted octanol–water partition coefficient (Wildman–Crippen LogP) is -0.551. The van der Waals surface area contributed by atoms with Crippen LogP contribution in [0.25, 0.3) is 0 Å². The largest absolute Gasteiger partial charge is 0.358 e. The van der Waals surface area contributed by atoms with E-state index < -0.39 is 0 Å². The van der Waals surface area contributed by atoms with Crippen molar-refractivity contribution < 1.29 is 9.59 Å². The van der Waals surface area contributed by atoms with Gasteiger partial charge in [-0.3, -0.25) is 14.7 Å². The molecule has 0 saturated carbocycles. The van der Waals surface area contributed by atoms with Crippen LogP contribution in [0.15, 0.2) is 0 Å². The molecule has 1 aromatic heterocycles. The molecular weight excluding hydrogens is 270 g/mol. The number of aromatic amines is 1. The van der Waals surface area contributed by atoms with Gasteiger partial charge < -0.3 is 15.5 Å². The van der Waals surface area contributed by atoms with Crippen LogP contribution >= 0.6 is 0 Å². The number of hydrogen-bond acceptors (Lipinski definition) is 4. The van der Waals surface area contributed by atoms with E-state index in [4.69, 9.17) is 0 Å². The maximum atomic E-state index is 12.7. The first-order valence-electron chi connectivity index (χ1n) is 7.51. The van der Waals surface area contributed by atoms with Crippen molar-refractivity contribution in [3.63, 3.8) is 0 Å². The van der Waals surface area contributed by atoms with E-state index in [-0.39, 0.29) is 17.9 Å². The van der Waals surface area contributed by atoms with Crippen molar-refractivity contribution in [1.29, 1.82) is 0 Å². The Morgan fingerprint density at radius 1 is 1.33 bits per heavy atom. The van der Waals surface area contributed by atoms with Crippen molar-refractivity contribution >= 4 is 11.8 Å². The number of carbonyl (C=O) groups excluding carboxylic acids is 2. The van der Waals surface area contributed by atoms with Crippen molar-refractivity contribution in [2.45, 2.75) is 31.7 Å². The Morgan fingerprint density at radius 3 is 2.95 bits per heavy atom. The maximum Gasteiger partial charge on any atom is 0.274 e. The summed E-state index contributed by atoms with van der Waals surface area (Å²) in [5.41, 5.74) is 2.71. The molecule has 21 heavy (non-hydrogen) atoms. The number of H-pyrrole nitrogens is 1. The van der Waals surface area contributed by atoms with Crippen LogP contribution in [-0.4, -0.2) is 59.6 Å². The molecule has 0 spiro atoms. The Hall–Kier alpha value is -1.89. The van der Waals surface area contributed by atoms with Gasteiger partial charge in [-0.15, -0.1) is 0 Å². The van der Waals surface area contributed by atoms with Crippen molar-refractivity contribution in [3.05, 3.63) is 17.0 Å². The highest BCUT2D eigenvalue weighted by Gasteiger charge is 2.31. The molecular formula is C14H21N5O2. The number of amides is 2. The maximum absolute atomic E-state index is 12.7. The van der Waals surface area contributed by atoms with E-state index in [1.165, 1.54) is 0 Å². The van der Waals surface area contributed by atoms with Crippen LogP contribution in [0.1, 0.15) is 34.6 Å². The third kappa shape index (κ3) is 2.65.